The number of ether oxygens (including phenoxy) is 1. The number of carboxylic acids is 1. The van der Waals surface area contributed by atoms with Crippen LogP contribution in [0.3, 0.4) is 0 Å². The zero-order valence-electron chi connectivity index (χ0n) is 8.99. The van der Waals surface area contributed by atoms with Crippen molar-refractivity contribution in [1.82, 2.24) is 5.32 Å². The molecule has 0 aromatic carbocycles. The van der Waals surface area contributed by atoms with Crippen molar-refractivity contribution in [3.63, 3.8) is 0 Å². The molecule has 1 unspecified atom stereocenters. The van der Waals surface area contributed by atoms with Crippen molar-refractivity contribution >= 4 is 12.1 Å². The van der Waals surface area contributed by atoms with E-state index in [9.17, 15) is 14.7 Å². The molecular weight excluding hydrogens is 197 g/mol. The Morgan fingerprint density at radius 1 is 1.43 bits per heavy atom. The number of aliphatic carboxylic acids is 1. The number of amides is 1. The molecule has 0 saturated carbocycles. The molecular formula is C8H14NNaO4. The summed E-state index contributed by atoms with van der Waals surface area (Å²) in [5.41, 5.74) is 0. The van der Waals surface area contributed by atoms with Crippen molar-refractivity contribution in [1.29, 1.82) is 0 Å². The third-order valence-electron chi connectivity index (χ3n) is 1.47. The Labute approximate surface area is 105 Å². The molecule has 0 saturated heterocycles. The number of hydrogen-bond acceptors (Lipinski definition) is 4. The quantitative estimate of drug-likeness (QED) is 0.490. The third-order valence-corrected chi connectivity index (χ3v) is 1.47. The number of carbonyl (C=O) groups excluding carboxylic acids is 2. The monoisotopic (exact) mass is 211 g/mol. The number of hydrogen-bond donors (Lipinski definition) is 1. The van der Waals surface area contributed by atoms with Gasteiger partial charge in [0, 0.05) is 0 Å². The Kier molecular flexibility index (Phi) is 9.34. The second-order valence-corrected chi connectivity index (χ2v) is 3.14. The maximum absolute atomic E-state index is 10.7. The third kappa shape index (κ3) is 7.17. The van der Waals surface area contributed by atoms with Gasteiger partial charge in [-0.1, -0.05) is 13.8 Å². The molecule has 6 heteroatoms. The van der Waals surface area contributed by atoms with Gasteiger partial charge in [-0.3, -0.25) is 0 Å². The predicted octanol–water partition coefficient (Wildman–Crippen LogP) is -3.49. The number of alkyl carbamates (subject to hydrolysis) is 1. The van der Waals surface area contributed by atoms with E-state index in [0.717, 1.165) is 0 Å². The molecule has 1 N–H and O–H groups in total. The predicted molar refractivity (Wildman–Crippen MR) is 43.8 cm³/mol. The van der Waals surface area contributed by atoms with Gasteiger partial charge in [-0.05, 0) is 12.3 Å². The van der Waals surface area contributed by atoms with E-state index in [-0.39, 0.29) is 35.5 Å². The van der Waals surface area contributed by atoms with Crippen LogP contribution in [0.5, 0.6) is 0 Å². The topological polar surface area (TPSA) is 78.5 Å². The summed E-state index contributed by atoms with van der Waals surface area (Å²) in [7, 11) is 1.18. The molecule has 76 valence electrons. The van der Waals surface area contributed by atoms with E-state index >= 15 is 0 Å². The molecule has 0 spiro atoms. The molecule has 0 aliphatic carbocycles. The summed E-state index contributed by atoms with van der Waals surface area (Å²) in [5, 5.41) is 12.7. The molecule has 0 aromatic heterocycles. The first-order chi connectivity index (χ1) is 5.97. The number of carbonyl (C=O) groups is 2. The molecule has 0 rings (SSSR count). The Morgan fingerprint density at radius 2 is 1.93 bits per heavy atom. The van der Waals surface area contributed by atoms with Crippen molar-refractivity contribution in [2.45, 2.75) is 26.3 Å². The van der Waals surface area contributed by atoms with Crippen LogP contribution in [0.2, 0.25) is 0 Å². The molecule has 0 aliphatic heterocycles. The van der Waals surface area contributed by atoms with Crippen molar-refractivity contribution < 1.29 is 49.0 Å². The zero-order chi connectivity index (χ0) is 10.4. The molecule has 0 radical (unpaired) electrons. The van der Waals surface area contributed by atoms with Crippen LogP contribution in [-0.2, 0) is 9.53 Å². The van der Waals surface area contributed by atoms with Gasteiger partial charge in [0.05, 0.1) is 19.1 Å². The molecule has 1 amide bonds. The summed E-state index contributed by atoms with van der Waals surface area (Å²) in [6.07, 6.45) is -0.424. The van der Waals surface area contributed by atoms with Crippen LogP contribution in [0.4, 0.5) is 4.79 Å². The van der Waals surface area contributed by atoms with Gasteiger partial charge in [0.25, 0.3) is 0 Å². The van der Waals surface area contributed by atoms with Gasteiger partial charge in [0.2, 0.25) is 0 Å². The van der Waals surface area contributed by atoms with Crippen LogP contribution in [0.25, 0.3) is 0 Å². The van der Waals surface area contributed by atoms with Crippen LogP contribution in [-0.4, -0.2) is 25.2 Å². The summed E-state index contributed by atoms with van der Waals surface area (Å²) in [5.74, 6) is -1.13. The van der Waals surface area contributed by atoms with Gasteiger partial charge >= 0.3 is 35.7 Å². The van der Waals surface area contributed by atoms with Crippen molar-refractivity contribution in [2.75, 3.05) is 7.11 Å². The molecule has 0 aromatic rings. The minimum Gasteiger partial charge on any atom is -0.548 e. The number of carboxylic acid groups (broad SMARTS) is 1. The fraction of sp³-hybridized carbons (Fsp3) is 0.750. The van der Waals surface area contributed by atoms with E-state index in [4.69, 9.17) is 0 Å². The number of rotatable bonds is 4. The van der Waals surface area contributed by atoms with E-state index in [1.165, 1.54) is 7.11 Å². The van der Waals surface area contributed by atoms with Gasteiger partial charge < -0.3 is 20.0 Å². The molecule has 0 aliphatic rings. The maximum atomic E-state index is 10.7. The second kappa shape index (κ2) is 8.08. The SMILES string of the molecule is COC(=O)NC(CC(C)C)C(=O)[O-].[Na+]. The second-order valence-electron chi connectivity index (χ2n) is 3.14. The Hall–Kier alpha value is -0.260. The van der Waals surface area contributed by atoms with Gasteiger partial charge in [0.1, 0.15) is 0 Å². The molecule has 5 nitrogen and oxygen atoms in total. The van der Waals surface area contributed by atoms with Crippen molar-refractivity contribution in [2.24, 2.45) is 5.92 Å². The minimum absolute atomic E-state index is 0. The van der Waals surface area contributed by atoms with Gasteiger partial charge in [0.15, 0.2) is 0 Å². The standard InChI is InChI=1S/C8H15NO4.Na/c1-5(2)4-6(7(10)11)9-8(12)13-3;/h5-6H,4H2,1-3H3,(H,9,12)(H,10,11);/q;+1/p-1. The smallest absolute Gasteiger partial charge is 0.548 e. The Morgan fingerprint density at radius 3 is 2.21 bits per heavy atom. The first kappa shape index (κ1) is 16.2. The van der Waals surface area contributed by atoms with Gasteiger partial charge in [-0.25, -0.2) is 4.79 Å². The summed E-state index contributed by atoms with van der Waals surface area (Å²) >= 11 is 0. The van der Waals surface area contributed by atoms with E-state index in [0.29, 0.717) is 6.42 Å². The van der Waals surface area contributed by atoms with Crippen LogP contribution in [0, 0.1) is 5.92 Å². The van der Waals surface area contributed by atoms with Gasteiger partial charge in [-0.2, -0.15) is 0 Å². The average Bonchev–Trinajstić information content (AvgIpc) is 2.02. The fourth-order valence-corrected chi connectivity index (χ4v) is 0.887. The van der Waals surface area contributed by atoms with Crippen LogP contribution < -0.4 is 40.0 Å². The molecule has 0 heterocycles. The minimum atomic E-state index is -1.29. The largest absolute Gasteiger partial charge is 1.00 e. The molecule has 0 bridgehead atoms. The summed E-state index contributed by atoms with van der Waals surface area (Å²) < 4.78 is 4.27. The summed E-state index contributed by atoms with van der Waals surface area (Å²) in [6, 6.07) is -0.979. The Bertz CT molecular complexity index is 196. The van der Waals surface area contributed by atoms with Crippen LogP contribution in [0.15, 0.2) is 0 Å². The molecule has 14 heavy (non-hydrogen) atoms. The van der Waals surface area contributed by atoms with Crippen molar-refractivity contribution in [3.8, 4) is 0 Å². The van der Waals surface area contributed by atoms with Crippen molar-refractivity contribution in [3.05, 3.63) is 0 Å². The summed E-state index contributed by atoms with van der Waals surface area (Å²) in [4.78, 5) is 21.2. The first-order valence-corrected chi connectivity index (χ1v) is 4.02. The molecule has 0 fully saturated rings. The normalized spacial score (nSPS) is 11.4. The van der Waals surface area contributed by atoms with E-state index in [1.807, 2.05) is 13.8 Å². The maximum Gasteiger partial charge on any atom is 1.00 e. The Balaban J connectivity index is 0. The van der Waals surface area contributed by atoms with Crippen LogP contribution >= 0.6 is 0 Å². The summed E-state index contributed by atoms with van der Waals surface area (Å²) in [6.45, 7) is 3.71. The van der Waals surface area contributed by atoms with Crippen LogP contribution in [0.1, 0.15) is 20.3 Å². The van der Waals surface area contributed by atoms with E-state index < -0.39 is 18.1 Å². The zero-order valence-corrected chi connectivity index (χ0v) is 11.0. The van der Waals surface area contributed by atoms with Gasteiger partial charge in [-0.15, -0.1) is 0 Å². The fourth-order valence-electron chi connectivity index (χ4n) is 0.887. The number of nitrogens with one attached hydrogen (secondary N) is 1. The van der Waals surface area contributed by atoms with E-state index in [2.05, 4.69) is 10.1 Å². The first-order valence-electron chi connectivity index (χ1n) is 4.02. The number of methoxy groups -OCH3 is 1. The molecule has 1 atom stereocenters. The van der Waals surface area contributed by atoms with E-state index in [1.54, 1.807) is 0 Å². The average molecular weight is 211 g/mol.